The van der Waals surface area contributed by atoms with Crippen LogP contribution < -0.4 is 10.6 Å². The van der Waals surface area contributed by atoms with E-state index < -0.39 is 11.5 Å². The van der Waals surface area contributed by atoms with Crippen molar-refractivity contribution in [3.8, 4) is 11.1 Å². The van der Waals surface area contributed by atoms with Gasteiger partial charge >= 0.3 is 0 Å². The Bertz CT molecular complexity index is 1580. The van der Waals surface area contributed by atoms with E-state index in [9.17, 15) is 14.7 Å². The van der Waals surface area contributed by atoms with E-state index in [4.69, 9.17) is 5.73 Å². The van der Waals surface area contributed by atoms with Crippen LogP contribution in [0.1, 0.15) is 61.0 Å². The van der Waals surface area contributed by atoms with Crippen molar-refractivity contribution in [1.82, 2.24) is 4.98 Å². The molecule has 190 valence electrons. The molecule has 1 saturated heterocycles. The van der Waals surface area contributed by atoms with Gasteiger partial charge in [0, 0.05) is 34.4 Å². The van der Waals surface area contributed by atoms with Gasteiger partial charge in [-0.1, -0.05) is 43.2 Å². The zero-order valence-electron chi connectivity index (χ0n) is 21.6. The minimum atomic E-state index is -0.995. The Morgan fingerprint density at radius 2 is 1.86 bits per heavy atom. The van der Waals surface area contributed by atoms with Crippen LogP contribution >= 0.6 is 0 Å². The fourth-order valence-corrected chi connectivity index (χ4v) is 6.52. The first-order chi connectivity index (χ1) is 17.6. The summed E-state index contributed by atoms with van der Waals surface area (Å²) in [5.41, 5.74) is 11.5. The van der Waals surface area contributed by atoms with Gasteiger partial charge in [0.05, 0.1) is 16.7 Å². The largest absolute Gasteiger partial charge is 0.386 e. The molecule has 1 aliphatic heterocycles. The third-order valence-electron chi connectivity index (χ3n) is 8.52. The number of aromatic nitrogens is 1. The fourth-order valence-electron chi connectivity index (χ4n) is 6.52. The molecule has 6 heteroatoms. The number of amides is 2. The first kappa shape index (κ1) is 23.7. The average Bonchev–Trinajstić information content (AvgIpc) is 3.41. The number of nitrogens with two attached hydrogens (primary N) is 1. The Labute approximate surface area is 216 Å². The number of carbonyl (C=O) groups excluding carboxylic acids is 2. The number of anilines is 1. The molecule has 0 spiro atoms. The molecular formula is C31H33N3O3. The zero-order chi connectivity index (χ0) is 26.1. The number of nitrogens with zero attached hydrogens (tertiary/aromatic N) is 1. The summed E-state index contributed by atoms with van der Waals surface area (Å²) in [7, 11) is 0. The minimum absolute atomic E-state index is 0.150. The molecule has 1 aromatic heterocycles. The second kappa shape index (κ2) is 8.45. The monoisotopic (exact) mass is 495 g/mol. The normalized spacial score (nSPS) is 20.1. The van der Waals surface area contributed by atoms with Crippen LogP contribution in [-0.2, 0) is 10.4 Å². The van der Waals surface area contributed by atoms with E-state index in [2.05, 4.69) is 18.0 Å². The van der Waals surface area contributed by atoms with Crippen LogP contribution in [0.3, 0.4) is 0 Å². The summed E-state index contributed by atoms with van der Waals surface area (Å²) in [5.74, 6) is 0.355. The molecule has 4 N–H and O–H groups in total. The second-order valence-electron chi connectivity index (χ2n) is 11.3. The minimum Gasteiger partial charge on any atom is -0.386 e. The number of carbonyl (C=O) groups is 2. The lowest BCUT2D eigenvalue weighted by Crippen LogP contribution is -2.27. The summed E-state index contributed by atoms with van der Waals surface area (Å²) in [4.78, 5) is 31.1. The number of aliphatic hydroxyl groups is 1. The summed E-state index contributed by atoms with van der Waals surface area (Å²) >= 11 is 0. The summed E-state index contributed by atoms with van der Waals surface area (Å²) in [6, 6.07) is 15.7. The maximum Gasteiger partial charge on any atom is 0.250 e. The third-order valence-corrected chi connectivity index (χ3v) is 8.52. The standard InChI is InChI=1S/C31H33N3O3/c1-17-20(9-6-10-26(17)34-16-18-7-4-5-8-21(18)30(34)36)22-13-14-24(29(32)35)28-27(22)23-12-11-19(31(2,3)37)15-25(23)33-28/h6,9-15,18,21,33,37H,4-5,7-8,16H2,1-3H3,(H2,32,35). The molecule has 6 rings (SSSR count). The lowest BCUT2D eigenvalue weighted by atomic mass is 9.81. The van der Waals surface area contributed by atoms with Crippen LogP contribution in [0.2, 0.25) is 0 Å². The van der Waals surface area contributed by atoms with Gasteiger partial charge in [0.2, 0.25) is 5.91 Å². The number of aromatic amines is 1. The Morgan fingerprint density at radius 3 is 2.59 bits per heavy atom. The van der Waals surface area contributed by atoms with Gasteiger partial charge in [0.1, 0.15) is 0 Å². The first-order valence-electron chi connectivity index (χ1n) is 13.2. The van der Waals surface area contributed by atoms with Crippen LogP contribution in [0.25, 0.3) is 32.9 Å². The van der Waals surface area contributed by atoms with Gasteiger partial charge in [-0.05, 0) is 80.0 Å². The van der Waals surface area contributed by atoms with Crippen LogP contribution in [0.5, 0.6) is 0 Å². The summed E-state index contributed by atoms with van der Waals surface area (Å²) < 4.78 is 0. The molecular weight excluding hydrogens is 462 g/mol. The Hall–Kier alpha value is -3.64. The highest BCUT2D eigenvalue weighted by Crippen LogP contribution is 2.43. The number of nitrogens with one attached hydrogen (secondary N) is 1. The van der Waals surface area contributed by atoms with E-state index in [1.807, 2.05) is 41.3 Å². The molecule has 2 heterocycles. The predicted octanol–water partition coefficient (Wildman–Crippen LogP) is 5.78. The molecule has 2 amide bonds. The van der Waals surface area contributed by atoms with Crippen molar-refractivity contribution in [2.75, 3.05) is 11.4 Å². The number of hydrogen-bond acceptors (Lipinski definition) is 3. The highest BCUT2D eigenvalue weighted by molar-refractivity contribution is 6.20. The van der Waals surface area contributed by atoms with Crippen LogP contribution in [-0.4, -0.2) is 28.4 Å². The van der Waals surface area contributed by atoms with Crippen molar-refractivity contribution in [3.05, 3.63) is 65.2 Å². The van der Waals surface area contributed by atoms with Crippen molar-refractivity contribution < 1.29 is 14.7 Å². The van der Waals surface area contributed by atoms with Crippen LogP contribution in [0.15, 0.2) is 48.5 Å². The lowest BCUT2D eigenvalue weighted by molar-refractivity contribution is -0.121. The Balaban J connectivity index is 1.54. The fraction of sp³-hybridized carbons (Fsp3) is 0.355. The van der Waals surface area contributed by atoms with Gasteiger partial charge in [-0.15, -0.1) is 0 Å². The number of benzene rings is 3. The van der Waals surface area contributed by atoms with Crippen LogP contribution in [0.4, 0.5) is 5.69 Å². The zero-order valence-corrected chi connectivity index (χ0v) is 21.6. The summed E-state index contributed by atoms with van der Waals surface area (Å²) in [5, 5.41) is 12.4. The molecule has 0 radical (unpaired) electrons. The van der Waals surface area contributed by atoms with Crippen molar-refractivity contribution >= 4 is 39.3 Å². The maximum absolute atomic E-state index is 13.4. The van der Waals surface area contributed by atoms with Crippen molar-refractivity contribution in [2.24, 2.45) is 17.6 Å². The number of primary amides is 1. The smallest absolute Gasteiger partial charge is 0.250 e. The van der Waals surface area contributed by atoms with Gasteiger partial charge in [-0.2, -0.15) is 0 Å². The summed E-state index contributed by atoms with van der Waals surface area (Å²) in [6.07, 6.45) is 4.47. The number of hydrogen-bond donors (Lipinski definition) is 3. The quantitative estimate of drug-likeness (QED) is 0.335. The SMILES string of the molecule is Cc1c(-c2ccc(C(N)=O)c3[nH]c4cc(C(C)(C)O)ccc4c23)cccc1N1CC2CCCCC2C1=O. The van der Waals surface area contributed by atoms with E-state index in [1.54, 1.807) is 19.9 Å². The topological polar surface area (TPSA) is 99.4 Å². The number of rotatable bonds is 4. The first-order valence-corrected chi connectivity index (χ1v) is 13.2. The molecule has 3 aromatic carbocycles. The van der Waals surface area contributed by atoms with E-state index in [1.165, 1.54) is 6.42 Å². The molecule has 6 nitrogen and oxygen atoms in total. The number of fused-ring (bicyclic) bond motifs is 4. The second-order valence-corrected chi connectivity index (χ2v) is 11.3. The molecule has 2 atom stereocenters. The molecule has 2 aliphatic rings. The Kier molecular flexibility index (Phi) is 5.42. The van der Waals surface area contributed by atoms with E-state index in [0.717, 1.165) is 70.0 Å². The molecule has 0 bridgehead atoms. The highest BCUT2D eigenvalue weighted by Gasteiger charge is 2.42. The molecule has 2 fully saturated rings. The molecule has 37 heavy (non-hydrogen) atoms. The maximum atomic E-state index is 13.4. The average molecular weight is 496 g/mol. The van der Waals surface area contributed by atoms with Crippen molar-refractivity contribution in [3.63, 3.8) is 0 Å². The van der Waals surface area contributed by atoms with Crippen molar-refractivity contribution in [2.45, 2.75) is 52.1 Å². The molecule has 2 unspecified atom stereocenters. The number of H-pyrrole nitrogens is 1. The van der Waals surface area contributed by atoms with E-state index in [0.29, 0.717) is 17.0 Å². The van der Waals surface area contributed by atoms with Gasteiger partial charge in [-0.3, -0.25) is 9.59 Å². The highest BCUT2D eigenvalue weighted by atomic mass is 16.3. The predicted molar refractivity (Wildman–Crippen MR) is 148 cm³/mol. The van der Waals surface area contributed by atoms with Gasteiger partial charge < -0.3 is 20.7 Å². The van der Waals surface area contributed by atoms with E-state index >= 15 is 0 Å². The van der Waals surface area contributed by atoms with Crippen LogP contribution in [0, 0.1) is 18.8 Å². The van der Waals surface area contributed by atoms with Gasteiger partial charge in [-0.25, -0.2) is 0 Å². The summed E-state index contributed by atoms with van der Waals surface area (Å²) in [6.45, 7) is 6.37. The van der Waals surface area contributed by atoms with E-state index in [-0.39, 0.29) is 11.8 Å². The Morgan fingerprint density at radius 1 is 1.08 bits per heavy atom. The van der Waals surface area contributed by atoms with Crippen molar-refractivity contribution in [1.29, 1.82) is 0 Å². The third kappa shape index (κ3) is 3.74. The van der Waals surface area contributed by atoms with Gasteiger partial charge in [0.15, 0.2) is 0 Å². The lowest BCUT2D eigenvalue weighted by Gasteiger charge is -2.22. The van der Waals surface area contributed by atoms with Gasteiger partial charge in [0.25, 0.3) is 5.91 Å². The molecule has 1 saturated carbocycles. The molecule has 4 aromatic rings. The molecule has 1 aliphatic carbocycles.